The molecule has 0 saturated heterocycles. The van der Waals surface area contributed by atoms with Gasteiger partial charge in [-0.15, -0.1) is 0 Å². The summed E-state index contributed by atoms with van der Waals surface area (Å²) in [4.78, 5) is 4.63. The summed E-state index contributed by atoms with van der Waals surface area (Å²) >= 11 is 6.05. The summed E-state index contributed by atoms with van der Waals surface area (Å²) in [5.41, 5.74) is 3.05. The molecular formula is C18H19ClN2O2. The van der Waals surface area contributed by atoms with Gasteiger partial charge in [-0.25, -0.2) is 4.98 Å². The number of aliphatic hydroxyl groups excluding tert-OH is 1. The molecule has 0 atom stereocenters. The minimum atomic E-state index is 0.144. The predicted molar refractivity (Wildman–Crippen MR) is 92.0 cm³/mol. The van der Waals surface area contributed by atoms with Crippen molar-refractivity contribution in [2.45, 2.75) is 26.5 Å². The molecule has 0 unspecified atom stereocenters. The van der Waals surface area contributed by atoms with E-state index in [-0.39, 0.29) is 6.61 Å². The fourth-order valence-corrected chi connectivity index (χ4v) is 2.69. The summed E-state index contributed by atoms with van der Waals surface area (Å²) in [7, 11) is 0. The van der Waals surface area contributed by atoms with Gasteiger partial charge < -0.3 is 14.4 Å². The number of hydrogen-bond donors (Lipinski definition) is 1. The van der Waals surface area contributed by atoms with E-state index < -0.39 is 0 Å². The number of ether oxygens (including phenoxy) is 1. The zero-order chi connectivity index (χ0) is 16.2. The minimum absolute atomic E-state index is 0.144. The van der Waals surface area contributed by atoms with Gasteiger partial charge in [-0.05, 0) is 43.7 Å². The lowest BCUT2D eigenvalue weighted by Crippen LogP contribution is -2.08. The minimum Gasteiger partial charge on any atom is -0.486 e. The Kier molecular flexibility index (Phi) is 4.84. The SMILES string of the molecule is Cc1ccc(OCc2nc3cc(Cl)ccc3n2CCCO)cc1. The summed E-state index contributed by atoms with van der Waals surface area (Å²) in [6, 6.07) is 13.6. The van der Waals surface area contributed by atoms with Crippen LogP contribution in [0.25, 0.3) is 11.0 Å². The van der Waals surface area contributed by atoms with Gasteiger partial charge in [0.05, 0.1) is 11.0 Å². The molecule has 23 heavy (non-hydrogen) atoms. The van der Waals surface area contributed by atoms with Crippen molar-refractivity contribution < 1.29 is 9.84 Å². The molecule has 0 radical (unpaired) electrons. The van der Waals surface area contributed by atoms with Crippen molar-refractivity contribution in [1.29, 1.82) is 0 Å². The Morgan fingerprint density at radius 3 is 2.70 bits per heavy atom. The molecule has 0 aliphatic rings. The highest BCUT2D eigenvalue weighted by Gasteiger charge is 2.11. The maximum atomic E-state index is 9.12. The van der Waals surface area contributed by atoms with Gasteiger partial charge in [-0.3, -0.25) is 0 Å². The summed E-state index contributed by atoms with van der Waals surface area (Å²) in [5.74, 6) is 1.64. The van der Waals surface area contributed by atoms with Gasteiger partial charge in [0.25, 0.3) is 0 Å². The highest BCUT2D eigenvalue weighted by atomic mass is 35.5. The number of rotatable bonds is 6. The van der Waals surface area contributed by atoms with Gasteiger partial charge in [0.2, 0.25) is 0 Å². The van der Waals surface area contributed by atoms with Crippen molar-refractivity contribution in [2.75, 3.05) is 6.61 Å². The first-order valence-corrected chi connectivity index (χ1v) is 8.00. The second kappa shape index (κ2) is 7.02. The Balaban J connectivity index is 1.87. The molecule has 1 aromatic heterocycles. The molecule has 0 spiro atoms. The van der Waals surface area contributed by atoms with Crippen LogP contribution in [0.5, 0.6) is 5.75 Å². The molecule has 3 aromatic rings. The first kappa shape index (κ1) is 15.8. The summed E-state index contributed by atoms with van der Waals surface area (Å²) in [6.07, 6.45) is 0.672. The largest absolute Gasteiger partial charge is 0.486 e. The molecule has 5 heteroatoms. The van der Waals surface area contributed by atoms with Crippen molar-refractivity contribution in [3.05, 3.63) is 58.9 Å². The van der Waals surface area contributed by atoms with E-state index in [1.165, 1.54) is 5.56 Å². The van der Waals surface area contributed by atoms with Crippen LogP contribution in [0.1, 0.15) is 17.8 Å². The van der Waals surface area contributed by atoms with Crippen molar-refractivity contribution in [1.82, 2.24) is 9.55 Å². The molecule has 3 rings (SSSR count). The van der Waals surface area contributed by atoms with E-state index in [1.807, 2.05) is 49.4 Å². The van der Waals surface area contributed by atoms with Crippen LogP contribution in [-0.2, 0) is 13.2 Å². The Labute approximate surface area is 140 Å². The van der Waals surface area contributed by atoms with E-state index in [2.05, 4.69) is 9.55 Å². The van der Waals surface area contributed by atoms with Crippen LogP contribution in [0.2, 0.25) is 5.02 Å². The second-order valence-corrected chi connectivity index (χ2v) is 5.93. The topological polar surface area (TPSA) is 47.3 Å². The first-order valence-electron chi connectivity index (χ1n) is 7.62. The molecule has 0 amide bonds. The third kappa shape index (κ3) is 3.66. The van der Waals surface area contributed by atoms with E-state index in [0.29, 0.717) is 24.6 Å². The Hall–Kier alpha value is -2.04. The van der Waals surface area contributed by atoms with Crippen LogP contribution in [0.4, 0.5) is 0 Å². The van der Waals surface area contributed by atoms with Gasteiger partial charge >= 0.3 is 0 Å². The van der Waals surface area contributed by atoms with Crippen molar-refractivity contribution in [3.8, 4) is 5.75 Å². The maximum absolute atomic E-state index is 9.12. The summed E-state index contributed by atoms with van der Waals surface area (Å²) < 4.78 is 7.93. The number of nitrogens with zero attached hydrogens (tertiary/aromatic N) is 2. The number of halogens is 1. The van der Waals surface area contributed by atoms with Crippen LogP contribution in [0, 0.1) is 6.92 Å². The van der Waals surface area contributed by atoms with Crippen LogP contribution >= 0.6 is 11.6 Å². The average Bonchev–Trinajstić information content (AvgIpc) is 2.89. The number of aliphatic hydroxyl groups is 1. The Bertz CT molecular complexity index is 797. The molecule has 4 nitrogen and oxygen atoms in total. The Morgan fingerprint density at radius 1 is 1.17 bits per heavy atom. The fraction of sp³-hybridized carbons (Fsp3) is 0.278. The third-order valence-electron chi connectivity index (χ3n) is 3.72. The maximum Gasteiger partial charge on any atom is 0.148 e. The van der Waals surface area contributed by atoms with Crippen LogP contribution < -0.4 is 4.74 Å². The normalized spacial score (nSPS) is 11.1. The second-order valence-electron chi connectivity index (χ2n) is 5.49. The van der Waals surface area contributed by atoms with Crippen LogP contribution in [-0.4, -0.2) is 21.3 Å². The molecular weight excluding hydrogens is 312 g/mol. The summed E-state index contributed by atoms with van der Waals surface area (Å²) in [6.45, 7) is 3.26. The van der Waals surface area contributed by atoms with Crippen LogP contribution in [0.3, 0.4) is 0 Å². The number of imidazole rings is 1. The first-order chi connectivity index (χ1) is 11.2. The highest BCUT2D eigenvalue weighted by molar-refractivity contribution is 6.31. The quantitative estimate of drug-likeness (QED) is 0.744. The van der Waals surface area contributed by atoms with E-state index in [9.17, 15) is 0 Å². The zero-order valence-electron chi connectivity index (χ0n) is 13.0. The molecule has 2 aromatic carbocycles. The van der Waals surface area contributed by atoms with Gasteiger partial charge in [0.1, 0.15) is 18.2 Å². The molecule has 0 aliphatic heterocycles. The third-order valence-corrected chi connectivity index (χ3v) is 3.95. The molecule has 0 fully saturated rings. The van der Waals surface area contributed by atoms with Gasteiger partial charge in [0.15, 0.2) is 0 Å². The van der Waals surface area contributed by atoms with Crippen molar-refractivity contribution >= 4 is 22.6 Å². The standard InChI is InChI=1S/C18H19ClN2O2/c1-13-3-6-15(7-4-13)23-12-18-20-16-11-14(19)5-8-17(16)21(18)9-2-10-22/h3-8,11,22H,2,9-10,12H2,1H3. The number of aromatic nitrogens is 2. The molecule has 1 heterocycles. The predicted octanol–water partition coefficient (Wildman–Crippen LogP) is 3.96. The fourth-order valence-electron chi connectivity index (χ4n) is 2.52. The lowest BCUT2D eigenvalue weighted by atomic mass is 10.2. The van der Waals surface area contributed by atoms with E-state index in [1.54, 1.807) is 0 Å². The number of fused-ring (bicyclic) bond motifs is 1. The molecule has 0 saturated carbocycles. The smallest absolute Gasteiger partial charge is 0.148 e. The molecule has 1 N–H and O–H groups in total. The number of benzene rings is 2. The number of aryl methyl sites for hydroxylation is 2. The van der Waals surface area contributed by atoms with E-state index >= 15 is 0 Å². The highest BCUT2D eigenvalue weighted by Crippen LogP contribution is 2.22. The van der Waals surface area contributed by atoms with Gasteiger partial charge in [0, 0.05) is 18.2 Å². The van der Waals surface area contributed by atoms with Crippen molar-refractivity contribution in [3.63, 3.8) is 0 Å². The summed E-state index contributed by atoms with van der Waals surface area (Å²) in [5, 5.41) is 9.78. The number of hydrogen-bond acceptors (Lipinski definition) is 3. The lowest BCUT2D eigenvalue weighted by molar-refractivity contribution is 0.269. The average molecular weight is 331 g/mol. The Morgan fingerprint density at radius 2 is 1.96 bits per heavy atom. The van der Waals surface area contributed by atoms with Gasteiger partial charge in [-0.2, -0.15) is 0 Å². The zero-order valence-corrected chi connectivity index (χ0v) is 13.8. The molecule has 120 valence electrons. The molecule has 0 bridgehead atoms. The van der Waals surface area contributed by atoms with Crippen LogP contribution in [0.15, 0.2) is 42.5 Å². The lowest BCUT2D eigenvalue weighted by Gasteiger charge is -2.10. The molecule has 0 aliphatic carbocycles. The monoisotopic (exact) mass is 330 g/mol. The van der Waals surface area contributed by atoms with Crippen molar-refractivity contribution in [2.24, 2.45) is 0 Å². The van der Waals surface area contributed by atoms with Gasteiger partial charge in [-0.1, -0.05) is 29.3 Å². The van der Waals surface area contributed by atoms with E-state index in [4.69, 9.17) is 21.4 Å². The van der Waals surface area contributed by atoms with E-state index in [0.717, 1.165) is 22.6 Å².